The molecule has 0 radical (unpaired) electrons. The van der Waals surface area contributed by atoms with Crippen molar-refractivity contribution in [3.8, 4) is 0 Å². The molecule has 0 aliphatic carbocycles. The number of benzene rings is 2. The van der Waals surface area contributed by atoms with Gasteiger partial charge in [-0.3, -0.25) is 9.59 Å². The highest BCUT2D eigenvalue weighted by Crippen LogP contribution is 2.23. The Labute approximate surface area is 173 Å². The number of carbonyl (C=O) groups is 2. The molecule has 0 heterocycles. The van der Waals surface area contributed by atoms with Crippen LogP contribution in [0.3, 0.4) is 0 Å². The highest BCUT2D eigenvalue weighted by Gasteiger charge is 2.12. The lowest BCUT2D eigenvalue weighted by atomic mass is 10.1. The number of anilines is 1. The third-order valence-corrected chi connectivity index (χ3v) is 4.81. The van der Waals surface area contributed by atoms with Gasteiger partial charge in [-0.05, 0) is 69.0 Å². The molecule has 0 saturated heterocycles. The molecule has 0 spiro atoms. The highest BCUT2D eigenvalue weighted by molar-refractivity contribution is 9.10. The van der Waals surface area contributed by atoms with Crippen molar-refractivity contribution in [2.45, 2.75) is 45.6 Å². The molecule has 6 heteroatoms. The van der Waals surface area contributed by atoms with Crippen molar-refractivity contribution in [1.82, 2.24) is 5.32 Å². The van der Waals surface area contributed by atoms with Crippen molar-refractivity contribution in [2.24, 2.45) is 0 Å². The van der Waals surface area contributed by atoms with Gasteiger partial charge >= 0.3 is 0 Å². The molecular weight excluding hydrogens is 428 g/mol. The van der Waals surface area contributed by atoms with E-state index in [1.165, 1.54) is 5.56 Å². The van der Waals surface area contributed by atoms with Gasteiger partial charge in [0.05, 0.1) is 10.7 Å². The summed E-state index contributed by atoms with van der Waals surface area (Å²) in [7, 11) is 0. The normalized spacial score (nSPS) is 10.7. The van der Waals surface area contributed by atoms with Crippen molar-refractivity contribution >= 4 is 45.0 Å². The van der Waals surface area contributed by atoms with E-state index in [1.807, 2.05) is 26.0 Å². The van der Waals surface area contributed by atoms with Crippen LogP contribution in [0, 0.1) is 0 Å². The van der Waals surface area contributed by atoms with Crippen LogP contribution < -0.4 is 10.6 Å². The average molecular weight is 452 g/mol. The Hall–Kier alpha value is -1.85. The summed E-state index contributed by atoms with van der Waals surface area (Å²) in [5, 5.41) is 6.05. The number of amides is 2. The van der Waals surface area contributed by atoms with Gasteiger partial charge in [0.2, 0.25) is 5.91 Å². The van der Waals surface area contributed by atoms with Crippen molar-refractivity contribution in [1.29, 1.82) is 0 Å². The fourth-order valence-electron chi connectivity index (χ4n) is 2.59. The lowest BCUT2D eigenvalue weighted by molar-refractivity contribution is -0.116. The van der Waals surface area contributed by atoms with Crippen molar-refractivity contribution in [3.05, 3.63) is 63.1 Å². The van der Waals surface area contributed by atoms with Gasteiger partial charge in [-0.1, -0.05) is 39.7 Å². The van der Waals surface area contributed by atoms with Crippen LogP contribution in [-0.4, -0.2) is 17.9 Å². The number of hydrogen-bond donors (Lipinski definition) is 2. The van der Waals surface area contributed by atoms with Gasteiger partial charge in [-0.15, -0.1) is 0 Å². The minimum Gasteiger partial charge on any atom is -0.350 e. The van der Waals surface area contributed by atoms with E-state index in [4.69, 9.17) is 11.6 Å². The Morgan fingerprint density at radius 2 is 1.78 bits per heavy atom. The number of hydrogen-bond acceptors (Lipinski definition) is 2. The van der Waals surface area contributed by atoms with Crippen LogP contribution in [0.1, 0.15) is 49.0 Å². The summed E-state index contributed by atoms with van der Waals surface area (Å²) in [6.07, 6.45) is 3.06. The number of carbonyl (C=O) groups excluding carboxylic acids is 2. The van der Waals surface area contributed by atoms with E-state index in [2.05, 4.69) is 38.7 Å². The van der Waals surface area contributed by atoms with E-state index in [-0.39, 0.29) is 17.9 Å². The zero-order valence-electron chi connectivity index (χ0n) is 15.5. The number of halogens is 2. The SMILES string of the molecule is CC(C)NC(=O)c1ccc(Cl)c(NC(=O)CCCCc2ccc(Br)cc2)c1. The van der Waals surface area contributed by atoms with E-state index in [0.29, 0.717) is 22.7 Å². The van der Waals surface area contributed by atoms with Crippen LogP contribution in [0.4, 0.5) is 5.69 Å². The molecule has 2 N–H and O–H groups in total. The standard InChI is InChI=1S/C21H24BrClN2O2/c1-14(2)24-21(27)16-9-12-18(23)19(13-16)25-20(26)6-4-3-5-15-7-10-17(22)11-8-15/h7-14H,3-6H2,1-2H3,(H,24,27)(H,25,26). The number of unbranched alkanes of at least 4 members (excludes halogenated alkanes) is 1. The molecular formula is C21H24BrClN2O2. The molecule has 0 aliphatic heterocycles. The van der Waals surface area contributed by atoms with E-state index in [9.17, 15) is 9.59 Å². The Morgan fingerprint density at radius 3 is 2.44 bits per heavy atom. The van der Waals surface area contributed by atoms with Crippen LogP contribution in [0.5, 0.6) is 0 Å². The zero-order valence-corrected chi connectivity index (χ0v) is 17.9. The summed E-state index contributed by atoms with van der Waals surface area (Å²) in [5.41, 5.74) is 2.19. The number of aryl methyl sites for hydroxylation is 1. The summed E-state index contributed by atoms with van der Waals surface area (Å²) in [6.45, 7) is 3.79. The molecule has 4 nitrogen and oxygen atoms in total. The number of rotatable bonds is 8. The van der Waals surface area contributed by atoms with Gasteiger partial charge in [-0.2, -0.15) is 0 Å². The van der Waals surface area contributed by atoms with Gasteiger partial charge in [0.15, 0.2) is 0 Å². The third-order valence-electron chi connectivity index (χ3n) is 3.95. The first-order valence-corrected chi connectivity index (χ1v) is 10.2. The zero-order chi connectivity index (χ0) is 19.8. The second-order valence-corrected chi connectivity index (χ2v) is 8.03. The fourth-order valence-corrected chi connectivity index (χ4v) is 3.02. The van der Waals surface area contributed by atoms with E-state index in [1.54, 1.807) is 18.2 Å². The largest absolute Gasteiger partial charge is 0.350 e. The van der Waals surface area contributed by atoms with Gasteiger partial charge in [0, 0.05) is 22.5 Å². The first-order chi connectivity index (χ1) is 12.8. The molecule has 0 aliphatic rings. The molecule has 2 amide bonds. The summed E-state index contributed by atoms with van der Waals surface area (Å²) in [5.74, 6) is -0.291. The first-order valence-electron chi connectivity index (χ1n) is 9.00. The monoisotopic (exact) mass is 450 g/mol. The maximum absolute atomic E-state index is 12.2. The van der Waals surface area contributed by atoms with Gasteiger partial charge in [0.1, 0.15) is 0 Å². The second-order valence-electron chi connectivity index (χ2n) is 6.70. The maximum Gasteiger partial charge on any atom is 0.251 e. The van der Waals surface area contributed by atoms with E-state index < -0.39 is 0 Å². The molecule has 144 valence electrons. The summed E-state index contributed by atoms with van der Waals surface area (Å²) in [6, 6.07) is 13.1. The summed E-state index contributed by atoms with van der Waals surface area (Å²) in [4.78, 5) is 24.3. The van der Waals surface area contributed by atoms with Crippen LogP contribution in [0.15, 0.2) is 46.9 Å². The van der Waals surface area contributed by atoms with Gasteiger partial charge in [0.25, 0.3) is 5.91 Å². The van der Waals surface area contributed by atoms with E-state index >= 15 is 0 Å². The lowest BCUT2D eigenvalue weighted by Gasteiger charge is -2.11. The van der Waals surface area contributed by atoms with Crippen LogP contribution in [0.25, 0.3) is 0 Å². The minimum absolute atomic E-state index is 0.0388. The fraction of sp³-hybridized carbons (Fsp3) is 0.333. The second kappa shape index (κ2) is 10.5. The topological polar surface area (TPSA) is 58.2 Å². The van der Waals surface area contributed by atoms with Crippen LogP contribution >= 0.6 is 27.5 Å². The lowest BCUT2D eigenvalue weighted by Crippen LogP contribution is -2.30. The molecule has 0 unspecified atom stereocenters. The Balaban J connectivity index is 1.84. The maximum atomic E-state index is 12.2. The van der Waals surface area contributed by atoms with Crippen molar-refractivity contribution in [3.63, 3.8) is 0 Å². The van der Waals surface area contributed by atoms with Crippen LogP contribution in [-0.2, 0) is 11.2 Å². The molecule has 0 atom stereocenters. The predicted octanol–water partition coefficient (Wildman–Crippen LogP) is 5.59. The van der Waals surface area contributed by atoms with Crippen LogP contribution in [0.2, 0.25) is 5.02 Å². The molecule has 0 fully saturated rings. The van der Waals surface area contributed by atoms with E-state index in [0.717, 1.165) is 23.7 Å². The smallest absolute Gasteiger partial charge is 0.251 e. The van der Waals surface area contributed by atoms with Crippen molar-refractivity contribution < 1.29 is 9.59 Å². The predicted molar refractivity (Wildman–Crippen MR) is 114 cm³/mol. The molecule has 2 rings (SSSR count). The Kier molecular flexibility index (Phi) is 8.32. The molecule has 0 aromatic heterocycles. The molecule has 0 bridgehead atoms. The van der Waals surface area contributed by atoms with Crippen molar-refractivity contribution in [2.75, 3.05) is 5.32 Å². The molecule has 2 aromatic carbocycles. The Bertz CT molecular complexity index is 791. The average Bonchev–Trinajstić information content (AvgIpc) is 2.61. The minimum atomic E-state index is -0.188. The molecule has 0 saturated carbocycles. The quantitative estimate of drug-likeness (QED) is 0.514. The summed E-state index contributed by atoms with van der Waals surface area (Å²) < 4.78 is 1.06. The van der Waals surface area contributed by atoms with Gasteiger partial charge < -0.3 is 10.6 Å². The highest BCUT2D eigenvalue weighted by atomic mass is 79.9. The summed E-state index contributed by atoms with van der Waals surface area (Å²) >= 11 is 9.57. The van der Waals surface area contributed by atoms with Gasteiger partial charge in [-0.25, -0.2) is 0 Å². The molecule has 27 heavy (non-hydrogen) atoms. The molecule has 2 aromatic rings. The first kappa shape index (κ1) is 21.5. The third kappa shape index (κ3) is 7.35. The number of nitrogens with one attached hydrogen (secondary N) is 2. The Morgan fingerprint density at radius 1 is 1.07 bits per heavy atom.